The van der Waals surface area contributed by atoms with E-state index in [1.54, 1.807) is 4.90 Å². The van der Waals surface area contributed by atoms with Gasteiger partial charge in [-0.3, -0.25) is 4.79 Å². The number of β-amino-alcohol motifs (C(OH)–C–C–N with tert-alkyl or cyclic N) is 1. The molecule has 2 heterocycles. The predicted molar refractivity (Wildman–Crippen MR) is 67.9 cm³/mol. The van der Waals surface area contributed by atoms with Gasteiger partial charge in [-0.1, -0.05) is 0 Å². The number of carbonyl (C=O) groups excluding carboxylic acids is 1. The van der Waals surface area contributed by atoms with E-state index in [-0.39, 0.29) is 12.0 Å². The summed E-state index contributed by atoms with van der Waals surface area (Å²) in [5, 5.41) is 9.54. The number of piperidine rings is 1. The maximum atomic E-state index is 12.1. The first-order chi connectivity index (χ1) is 7.58. The highest BCUT2D eigenvalue weighted by Gasteiger charge is 2.24. The van der Waals surface area contributed by atoms with Gasteiger partial charge >= 0.3 is 0 Å². The molecule has 1 fully saturated rings. The lowest BCUT2D eigenvalue weighted by Crippen LogP contribution is -2.41. The number of aryl methyl sites for hydroxylation is 1. The Labute approximate surface area is 107 Å². The fourth-order valence-corrected chi connectivity index (χ4v) is 3.36. The first kappa shape index (κ1) is 12.1. The molecule has 0 bridgehead atoms. The van der Waals surface area contributed by atoms with Crippen LogP contribution in [-0.4, -0.2) is 35.1 Å². The van der Waals surface area contributed by atoms with E-state index in [2.05, 4.69) is 15.9 Å². The van der Waals surface area contributed by atoms with Crippen molar-refractivity contribution in [2.45, 2.75) is 25.9 Å². The molecule has 3 nitrogen and oxygen atoms in total. The van der Waals surface area contributed by atoms with Crippen LogP contribution < -0.4 is 0 Å². The molecule has 0 spiro atoms. The lowest BCUT2D eigenvalue weighted by atomic mass is 10.1. The maximum Gasteiger partial charge on any atom is 0.264 e. The summed E-state index contributed by atoms with van der Waals surface area (Å²) in [7, 11) is 0. The Hall–Kier alpha value is -0.390. The summed E-state index contributed by atoms with van der Waals surface area (Å²) in [4.78, 5) is 14.6. The zero-order valence-corrected chi connectivity index (χ0v) is 11.5. The number of rotatable bonds is 1. The zero-order valence-electron chi connectivity index (χ0n) is 9.07. The molecule has 5 heteroatoms. The second-order valence-corrected chi connectivity index (χ2v) is 6.48. The number of aliphatic hydroxyl groups excluding tert-OH is 1. The lowest BCUT2D eigenvalue weighted by Gasteiger charge is -2.29. The molecule has 0 aromatic carbocycles. The van der Waals surface area contributed by atoms with Crippen LogP contribution >= 0.6 is 27.3 Å². The molecule has 1 aliphatic rings. The van der Waals surface area contributed by atoms with Crippen molar-refractivity contribution in [1.29, 1.82) is 0 Å². The Morgan fingerprint density at radius 2 is 2.44 bits per heavy atom. The van der Waals surface area contributed by atoms with Crippen molar-refractivity contribution in [3.8, 4) is 0 Å². The summed E-state index contributed by atoms with van der Waals surface area (Å²) in [6, 6.07) is 1.90. The van der Waals surface area contributed by atoms with Gasteiger partial charge in [-0.15, -0.1) is 11.3 Å². The van der Waals surface area contributed by atoms with Gasteiger partial charge in [0.1, 0.15) is 0 Å². The molecule has 1 aliphatic heterocycles. The van der Waals surface area contributed by atoms with Gasteiger partial charge in [0.2, 0.25) is 0 Å². The largest absolute Gasteiger partial charge is 0.391 e. The summed E-state index contributed by atoms with van der Waals surface area (Å²) >= 11 is 4.88. The molecule has 1 aromatic rings. The van der Waals surface area contributed by atoms with Crippen LogP contribution in [-0.2, 0) is 0 Å². The van der Waals surface area contributed by atoms with Gasteiger partial charge in [0, 0.05) is 13.1 Å². The van der Waals surface area contributed by atoms with Gasteiger partial charge in [0.15, 0.2) is 0 Å². The molecule has 2 rings (SSSR count). The Balaban J connectivity index is 2.12. The summed E-state index contributed by atoms with van der Waals surface area (Å²) < 4.78 is 1.01. The van der Waals surface area contributed by atoms with Crippen LogP contribution in [0, 0.1) is 6.92 Å². The average molecular weight is 304 g/mol. The number of amides is 1. The summed E-state index contributed by atoms with van der Waals surface area (Å²) in [5.74, 6) is 0.0394. The van der Waals surface area contributed by atoms with E-state index in [1.807, 2.05) is 13.0 Å². The highest BCUT2D eigenvalue weighted by molar-refractivity contribution is 9.11. The Morgan fingerprint density at radius 3 is 3.00 bits per heavy atom. The summed E-state index contributed by atoms with van der Waals surface area (Å²) in [5.41, 5.74) is 1.09. The van der Waals surface area contributed by atoms with Gasteiger partial charge < -0.3 is 10.0 Å². The molecule has 1 atom stereocenters. The van der Waals surface area contributed by atoms with Crippen LogP contribution in [0.3, 0.4) is 0 Å². The van der Waals surface area contributed by atoms with E-state index in [0.29, 0.717) is 6.54 Å². The minimum atomic E-state index is -0.359. The lowest BCUT2D eigenvalue weighted by molar-refractivity contribution is 0.0477. The van der Waals surface area contributed by atoms with E-state index in [9.17, 15) is 9.90 Å². The highest BCUT2D eigenvalue weighted by Crippen LogP contribution is 2.28. The fraction of sp³-hybridized carbons (Fsp3) is 0.545. The second-order valence-electron chi connectivity index (χ2n) is 4.11. The monoisotopic (exact) mass is 303 g/mol. The minimum absolute atomic E-state index is 0.0394. The van der Waals surface area contributed by atoms with Crippen molar-refractivity contribution in [3.05, 3.63) is 20.3 Å². The molecule has 1 unspecified atom stereocenters. The molecule has 0 radical (unpaired) electrons. The minimum Gasteiger partial charge on any atom is -0.391 e. The number of hydrogen-bond acceptors (Lipinski definition) is 3. The molecule has 0 aliphatic carbocycles. The van der Waals surface area contributed by atoms with Gasteiger partial charge in [0.05, 0.1) is 14.8 Å². The van der Waals surface area contributed by atoms with Crippen molar-refractivity contribution in [2.24, 2.45) is 0 Å². The summed E-state index contributed by atoms with van der Waals surface area (Å²) in [6.45, 7) is 3.19. The number of hydrogen-bond donors (Lipinski definition) is 1. The standard InChI is InChI=1S/C11H14BrNO2S/c1-7-5-9(16-10(7)12)11(15)13-4-2-3-8(14)6-13/h5,8,14H,2-4,6H2,1H3. The van der Waals surface area contributed by atoms with Crippen LogP contribution in [0.15, 0.2) is 9.85 Å². The molecule has 16 heavy (non-hydrogen) atoms. The Kier molecular flexibility index (Phi) is 3.66. The second kappa shape index (κ2) is 4.85. The molecular formula is C11H14BrNO2S. The molecule has 1 aromatic heterocycles. The molecule has 1 saturated heterocycles. The van der Waals surface area contributed by atoms with E-state index >= 15 is 0 Å². The Morgan fingerprint density at radius 1 is 1.69 bits per heavy atom. The van der Waals surface area contributed by atoms with E-state index in [1.165, 1.54) is 11.3 Å². The van der Waals surface area contributed by atoms with Crippen LogP contribution in [0.4, 0.5) is 0 Å². The fourth-order valence-electron chi connectivity index (χ4n) is 1.86. The van der Waals surface area contributed by atoms with E-state index in [0.717, 1.165) is 33.6 Å². The van der Waals surface area contributed by atoms with Gasteiger partial charge in [0.25, 0.3) is 5.91 Å². The van der Waals surface area contributed by atoms with Crippen LogP contribution in [0.25, 0.3) is 0 Å². The number of aliphatic hydroxyl groups is 1. The van der Waals surface area contributed by atoms with Crippen molar-refractivity contribution in [2.75, 3.05) is 13.1 Å². The summed E-state index contributed by atoms with van der Waals surface area (Å²) in [6.07, 6.45) is 1.33. The maximum absolute atomic E-state index is 12.1. The molecule has 0 saturated carbocycles. The van der Waals surface area contributed by atoms with Crippen molar-refractivity contribution >= 4 is 33.2 Å². The molecule has 1 amide bonds. The van der Waals surface area contributed by atoms with Crippen molar-refractivity contribution < 1.29 is 9.90 Å². The van der Waals surface area contributed by atoms with Crippen LogP contribution in [0.1, 0.15) is 28.1 Å². The molecular weight excluding hydrogens is 290 g/mol. The number of thiophene rings is 1. The van der Waals surface area contributed by atoms with Crippen molar-refractivity contribution in [3.63, 3.8) is 0 Å². The number of nitrogens with zero attached hydrogens (tertiary/aromatic N) is 1. The third-order valence-electron chi connectivity index (χ3n) is 2.75. The number of carbonyl (C=O) groups is 1. The predicted octanol–water partition coefficient (Wildman–Crippen LogP) is 2.42. The molecule has 88 valence electrons. The van der Waals surface area contributed by atoms with Crippen LogP contribution in [0.5, 0.6) is 0 Å². The number of likely N-dealkylation sites (tertiary alicyclic amines) is 1. The SMILES string of the molecule is Cc1cc(C(=O)N2CCCC(O)C2)sc1Br. The van der Waals surface area contributed by atoms with E-state index in [4.69, 9.17) is 0 Å². The Bertz CT molecular complexity index is 385. The van der Waals surface area contributed by atoms with Crippen LogP contribution in [0.2, 0.25) is 0 Å². The highest BCUT2D eigenvalue weighted by atomic mass is 79.9. The topological polar surface area (TPSA) is 40.5 Å². The molecule has 1 N–H and O–H groups in total. The van der Waals surface area contributed by atoms with Crippen molar-refractivity contribution in [1.82, 2.24) is 4.90 Å². The van der Waals surface area contributed by atoms with Gasteiger partial charge in [-0.2, -0.15) is 0 Å². The van der Waals surface area contributed by atoms with Gasteiger partial charge in [-0.05, 0) is 47.3 Å². The number of halogens is 1. The average Bonchev–Trinajstić information content (AvgIpc) is 2.58. The third-order valence-corrected chi connectivity index (χ3v) is 4.88. The first-order valence-electron chi connectivity index (χ1n) is 5.31. The smallest absolute Gasteiger partial charge is 0.264 e. The third kappa shape index (κ3) is 2.47. The normalized spacial score (nSPS) is 21.2. The zero-order chi connectivity index (χ0) is 11.7. The van der Waals surface area contributed by atoms with Gasteiger partial charge in [-0.25, -0.2) is 0 Å². The first-order valence-corrected chi connectivity index (χ1v) is 6.92. The quantitative estimate of drug-likeness (QED) is 0.865. The van der Waals surface area contributed by atoms with E-state index < -0.39 is 0 Å².